The predicted molar refractivity (Wildman–Crippen MR) is 127 cm³/mol. The van der Waals surface area contributed by atoms with Crippen LogP contribution in [0.1, 0.15) is 42.3 Å². The van der Waals surface area contributed by atoms with E-state index in [1.54, 1.807) is 17.0 Å². The summed E-state index contributed by atoms with van der Waals surface area (Å²) in [5, 5.41) is 13.1. The summed E-state index contributed by atoms with van der Waals surface area (Å²) in [6.07, 6.45) is 0.776. The van der Waals surface area contributed by atoms with Gasteiger partial charge in [0.1, 0.15) is 11.5 Å². The minimum atomic E-state index is -0.629. The number of thiophene rings is 1. The third-order valence-corrected chi connectivity index (χ3v) is 6.37. The number of nitrogens with zero attached hydrogens (tertiary/aromatic N) is 1. The molecule has 3 rings (SSSR count). The number of rotatable bonds is 9. The van der Waals surface area contributed by atoms with Crippen LogP contribution in [-0.4, -0.2) is 55.5 Å². The van der Waals surface area contributed by atoms with E-state index < -0.39 is 17.7 Å². The zero-order valence-corrected chi connectivity index (χ0v) is 20.3. The highest BCUT2D eigenvalue weighted by Crippen LogP contribution is 2.41. The van der Waals surface area contributed by atoms with E-state index in [0.29, 0.717) is 24.6 Å². The van der Waals surface area contributed by atoms with Gasteiger partial charge in [-0.15, -0.1) is 11.3 Å². The summed E-state index contributed by atoms with van der Waals surface area (Å²) < 4.78 is 5.83. The topological polar surface area (TPSA) is 71.3 Å². The van der Waals surface area contributed by atoms with Gasteiger partial charge in [-0.05, 0) is 48.1 Å². The van der Waals surface area contributed by atoms with E-state index in [-0.39, 0.29) is 11.3 Å². The summed E-state index contributed by atoms with van der Waals surface area (Å²) in [5.41, 5.74) is 1.53. The van der Waals surface area contributed by atoms with E-state index in [1.165, 1.54) is 16.2 Å². The van der Waals surface area contributed by atoms with E-state index >= 15 is 0 Å². The Bertz CT molecular complexity index is 995. The zero-order valence-electron chi connectivity index (χ0n) is 19.5. The van der Waals surface area contributed by atoms with Crippen molar-refractivity contribution in [1.29, 1.82) is 0 Å². The lowest BCUT2D eigenvalue weighted by Gasteiger charge is -2.24. The molecule has 2 aromatic rings. The number of carbonyl (C=O) groups is 2. The summed E-state index contributed by atoms with van der Waals surface area (Å²) in [6.45, 7) is 8.03. The normalized spacial score (nSPS) is 18.2. The quantitative estimate of drug-likeness (QED) is 0.345. The molecule has 0 aliphatic carbocycles. The number of aliphatic hydroxyl groups excluding tert-OH is 1. The Morgan fingerprint density at radius 2 is 2.00 bits per heavy atom. The van der Waals surface area contributed by atoms with Gasteiger partial charge in [0, 0.05) is 23.4 Å². The van der Waals surface area contributed by atoms with Gasteiger partial charge in [0.15, 0.2) is 0 Å². The van der Waals surface area contributed by atoms with Gasteiger partial charge in [-0.2, -0.15) is 0 Å². The zero-order chi connectivity index (χ0) is 23.4. The highest BCUT2D eigenvalue weighted by molar-refractivity contribution is 7.10. The highest BCUT2D eigenvalue weighted by atomic mass is 32.1. The van der Waals surface area contributed by atoms with Crippen molar-refractivity contribution >= 4 is 28.8 Å². The minimum absolute atomic E-state index is 0.138. The van der Waals surface area contributed by atoms with Crippen molar-refractivity contribution in [1.82, 2.24) is 4.90 Å². The summed E-state index contributed by atoms with van der Waals surface area (Å²) in [4.78, 5) is 29.7. The molecule has 0 spiro atoms. The fourth-order valence-electron chi connectivity index (χ4n) is 3.83. The van der Waals surface area contributed by atoms with Crippen molar-refractivity contribution in [3.8, 4) is 5.75 Å². The fourth-order valence-corrected chi connectivity index (χ4v) is 4.67. The van der Waals surface area contributed by atoms with Crippen LogP contribution in [0.15, 0.2) is 41.3 Å². The molecule has 1 aromatic carbocycles. The van der Waals surface area contributed by atoms with Crippen molar-refractivity contribution < 1.29 is 24.3 Å². The first kappa shape index (κ1) is 24.0. The average Bonchev–Trinajstić information content (AvgIpc) is 3.34. The smallest absolute Gasteiger partial charge is 0.295 e. The van der Waals surface area contributed by atoms with Crippen molar-refractivity contribution in [3.05, 3.63) is 57.3 Å². The number of nitrogens with one attached hydrogen (secondary N) is 1. The number of quaternary nitrogens is 1. The number of benzene rings is 1. The summed E-state index contributed by atoms with van der Waals surface area (Å²) in [5.74, 6) is -0.167. The molecule has 2 heterocycles. The maximum Gasteiger partial charge on any atom is 0.295 e. The molecule has 1 unspecified atom stereocenters. The van der Waals surface area contributed by atoms with E-state index in [0.717, 1.165) is 29.2 Å². The average molecular weight is 458 g/mol. The third-order valence-electron chi connectivity index (χ3n) is 5.45. The number of aliphatic hydroxyl groups is 1. The molecule has 1 aliphatic rings. The van der Waals surface area contributed by atoms with E-state index in [9.17, 15) is 14.7 Å². The van der Waals surface area contributed by atoms with Gasteiger partial charge in [0.25, 0.3) is 11.7 Å². The van der Waals surface area contributed by atoms with E-state index in [2.05, 4.69) is 27.9 Å². The number of ketones is 1. The second-order valence-electron chi connectivity index (χ2n) is 9.00. The van der Waals surface area contributed by atoms with Crippen LogP contribution in [0.3, 0.4) is 0 Å². The van der Waals surface area contributed by atoms with Crippen LogP contribution in [0, 0.1) is 12.8 Å². The molecule has 1 aromatic heterocycles. The van der Waals surface area contributed by atoms with Crippen molar-refractivity contribution in [3.63, 3.8) is 0 Å². The van der Waals surface area contributed by atoms with Gasteiger partial charge < -0.3 is 19.6 Å². The first-order valence-electron chi connectivity index (χ1n) is 11.0. The number of amides is 1. The van der Waals surface area contributed by atoms with Crippen LogP contribution in [0.2, 0.25) is 0 Å². The Kier molecular flexibility index (Phi) is 7.74. The minimum Gasteiger partial charge on any atom is -0.507 e. The van der Waals surface area contributed by atoms with Crippen LogP contribution in [0.25, 0.3) is 5.76 Å². The van der Waals surface area contributed by atoms with E-state index in [1.807, 2.05) is 30.5 Å². The molecule has 0 bridgehead atoms. The van der Waals surface area contributed by atoms with Gasteiger partial charge in [-0.25, -0.2) is 0 Å². The number of hydrogen-bond donors (Lipinski definition) is 2. The van der Waals surface area contributed by atoms with Gasteiger partial charge in [0.05, 0.1) is 38.9 Å². The van der Waals surface area contributed by atoms with Crippen LogP contribution >= 0.6 is 11.3 Å². The molecule has 1 saturated heterocycles. The largest absolute Gasteiger partial charge is 0.507 e. The van der Waals surface area contributed by atoms with E-state index in [4.69, 9.17) is 4.74 Å². The molecular formula is C25H33N2O4S+. The molecule has 32 heavy (non-hydrogen) atoms. The molecular weight excluding hydrogens is 424 g/mol. The second-order valence-corrected chi connectivity index (χ2v) is 9.98. The van der Waals surface area contributed by atoms with Crippen LogP contribution in [0.5, 0.6) is 5.75 Å². The Balaban J connectivity index is 1.98. The number of ether oxygens (including phenoxy) is 1. The summed E-state index contributed by atoms with van der Waals surface area (Å²) in [6, 6.07) is 8.60. The summed E-state index contributed by atoms with van der Waals surface area (Å²) >= 11 is 1.48. The van der Waals surface area contributed by atoms with Gasteiger partial charge >= 0.3 is 0 Å². The molecule has 7 heteroatoms. The molecule has 1 atom stereocenters. The number of hydrogen-bond acceptors (Lipinski definition) is 5. The Labute approximate surface area is 194 Å². The van der Waals surface area contributed by atoms with Crippen molar-refractivity contribution in [2.24, 2.45) is 5.92 Å². The maximum absolute atomic E-state index is 13.0. The molecule has 0 saturated carbocycles. The molecule has 1 fully saturated rings. The lowest BCUT2D eigenvalue weighted by Crippen LogP contribution is -3.05. The Morgan fingerprint density at radius 3 is 2.59 bits per heavy atom. The molecule has 1 amide bonds. The van der Waals surface area contributed by atoms with Gasteiger partial charge in [-0.3, -0.25) is 9.59 Å². The third kappa shape index (κ3) is 5.22. The van der Waals surface area contributed by atoms with Crippen LogP contribution in [-0.2, 0) is 9.59 Å². The van der Waals surface area contributed by atoms with Crippen LogP contribution < -0.4 is 9.64 Å². The first-order chi connectivity index (χ1) is 15.2. The molecule has 1 aliphatic heterocycles. The van der Waals surface area contributed by atoms with Gasteiger partial charge in [-0.1, -0.05) is 19.9 Å². The predicted octanol–water partition coefficient (Wildman–Crippen LogP) is 3.05. The number of likely N-dealkylation sites (tertiary alicyclic amines) is 1. The monoisotopic (exact) mass is 457 g/mol. The second kappa shape index (κ2) is 10.3. The van der Waals surface area contributed by atoms with Gasteiger partial charge in [0.2, 0.25) is 0 Å². The first-order valence-corrected chi connectivity index (χ1v) is 11.9. The Hall–Kier alpha value is -2.64. The standard InChI is InChI=1S/C25H32N2O4S/c1-16(2)15-31-19-10-9-18(14-17(19)3)23(28)21-22(20-8-6-13-32-20)27(25(30)24(21)29)12-7-11-26(4)5/h6,8-10,13-14,16,22,28H,7,11-12,15H2,1-5H3/p+1. The molecule has 6 nitrogen and oxygen atoms in total. The number of aryl methyl sites for hydroxylation is 1. The molecule has 172 valence electrons. The highest BCUT2D eigenvalue weighted by Gasteiger charge is 2.46. The number of Topliss-reactive ketones (excluding diaryl/α,β-unsaturated/α-hetero) is 1. The number of carbonyl (C=O) groups excluding carboxylic acids is 2. The Morgan fingerprint density at radius 1 is 1.25 bits per heavy atom. The lowest BCUT2D eigenvalue weighted by molar-refractivity contribution is -0.858. The van der Waals surface area contributed by atoms with Crippen molar-refractivity contribution in [2.75, 3.05) is 33.8 Å². The SMILES string of the molecule is Cc1cc(C(O)=C2C(=O)C(=O)N(CCC[NH+](C)C)C2c2cccs2)ccc1OCC(C)C. The van der Waals surface area contributed by atoms with Crippen molar-refractivity contribution in [2.45, 2.75) is 33.2 Å². The lowest BCUT2D eigenvalue weighted by atomic mass is 9.98. The summed E-state index contributed by atoms with van der Waals surface area (Å²) in [7, 11) is 4.11. The van der Waals surface area contributed by atoms with Crippen LogP contribution in [0.4, 0.5) is 0 Å². The molecule has 0 radical (unpaired) electrons. The maximum atomic E-state index is 13.0. The fraction of sp³-hybridized carbons (Fsp3) is 0.440. The molecule has 2 N–H and O–H groups in total.